The molecule has 2 rings (SSSR count). The summed E-state index contributed by atoms with van der Waals surface area (Å²) in [4.78, 5) is 0. The van der Waals surface area contributed by atoms with Crippen molar-refractivity contribution in [1.29, 1.82) is 0 Å². The van der Waals surface area contributed by atoms with E-state index >= 15 is 0 Å². The number of nitrogens with one attached hydrogen (secondary N) is 1. The molecule has 0 aromatic heterocycles. The van der Waals surface area contributed by atoms with E-state index in [1.807, 2.05) is 0 Å². The molecular formula is C12H15Cl2NO. The second-order valence-corrected chi connectivity index (χ2v) is 5.05. The lowest BCUT2D eigenvalue weighted by atomic mass is 9.98. The van der Waals surface area contributed by atoms with Gasteiger partial charge in [-0.05, 0) is 31.0 Å². The van der Waals surface area contributed by atoms with E-state index in [1.165, 1.54) is 0 Å². The maximum Gasteiger partial charge on any atom is 0.121 e. The minimum absolute atomic E-state index is 0.121. The number of aromatic hydroxyl groups is 1. The Labute approximate surface area is 106 Å². The lowest BCUT2D eigenvalue weighted by Crippen LogP contribution is -2.14. The molecule has 2 nitrogen and oxygen atoms in total. The molecule has 2 atom stereocenters. The van der Waals surface area contributed by atoms with Crippen molar-refractivity contribution in [3.05, 3.63) is 27.7 Å². The first-order valence-corrected chi connectivity index (χ1v) is 6.29. The van der Waals surface area contributed by atoms with Gasteiger partial charge in [0.1, 0.15) is 5.75 Å². The first-order valence-electron chi connectivity index (χ1n) is 5.53. The van der Waals surface area contributed by atoms with E-state index in [0.29, 0.717) is 16.0 Å². The van der Waals surface area contributed by atoms with Gasteiger partial charge >= 0.3 is 0 Å². The highest BCUT2D eigenvalue weighted by Gasteiger charge is 2.28. The molecule has 2 N–H and O–H groups in total. The molecule has 16 heavy (non-hydrogen) atoms. The van der Waals surface area contributed by atoms with Gasteiger partial charge in [-0.1, -0.05) is 36.5 Å². The number of phenolic OH excluding ortho intramolecular Hbond substituents is 1. The summed E-state index contributed by atoms with van der Waals surface area (Å²) < 4.78 is 0. The third kappa shape index (κ3) is 2.15. The van der Waals surface area contributed by atoms with E-state index in [-0.39, 0.29) is 11.8 Å². The second kappa shape index (κ2) is 4.82. The van der Waals surface area contributed by atoms with Crippen LogP contribution in [0.2, 0.25) is 10.0 Å². The van der Waals surface area contributed by atoms with Crippen molar-refractivity contribution in [2.24, 2.45) is 5.92 Å². The van der Waals surface area contributed by atoms with Crippen LogP contribution in [0.5, 0.6) is 5.75 Å². The van der Waals surface area contributed by atoms with E-state index in [1.54, 1.807) is 12.1 Å². The topological polar surface area (TPSA) is 32.3 Å². The monoisotopic (exact) mass is 259 g/mol. The first kappa shape index (κ1) is 12.0. The minimum Gasteiger partial charge on any atom is -0.508 e. The van der Waals surface area contributed by atoms with Crippen LogP contribution in [0.25, 0.3) is 0 Å². The summed E-state index contributed by atoms with van der Waals surface area (Å²) >= 11 is 12.1. The fraction of sp³-hybridized carbons (Fsp3) is 0.500. The zero-order valence-electron chi connectivity index (χ0n) is 9.13. The molecule has 0 spiro atoms. The van der Waals surface area contributed by atoms with Gasteiger partial charge in [0.25, 0.3) is 0 Å². The number of phenols is 1. The second-order valence-electron chi connectivity index (χ2n) is 4.26. The lowest BCUT2D eigenvalue weighted by Gasteiger charge is -2.15. The highest BCUT2D eigenvalue weighted by molar-refractivity contribution is 6.42. The maximum atomic E-state index is 9.85. The van der Waals surface area contributed by atoms with Crippen LogP contribution in [0.3, 0.4) is 0 Å². The van der Waals surface area contributed by atoms with Crippen LogP contribution in [0, 0.1) is 5.92 Å². The fourth-order valence-electron chi connectivity index (χ4n) is 2.23. The quantitative estimate of drug-likeness (QED) is 0.848. The number of hydrogen-bond donors (Lipinski definition) is 2. The van der Waals surface area contributed by atoms with Gasteiger partial charge in [0.05, 0.1) is 10.0 Å². The van der Waals surface area contributed by atoms with Crippen LogP contribution in [-0.4, -0.2) is 11.7 Å². The Hall–Kier alpha value is -0.440. The Bertz CT molecular complexity index is 395. The fourth-order valence-corrected chi connectivity index (χ4v) is 2.68. The van der Waals surface area contributed by atoms with Gasteiger partial charge in [0.2, 0.25) is 0 Å². The van der Waals surface area contributed by atoms with Gasteiger partial charge in [-0.25, -0.2) is 0 Å². The van der Waals surface area contributed by atoms with Gasteiger partial charge in [0.15, 0.2) is 0 Å². The van der Waals surface area contributed by atoms with Crippen LogP contribution in [-0.2, 0) is 0 Å². The van der Waals surface area contributed by atoms with Crippen molar-refractivity contribution in [3.63, 3.8) is 0 Å². The molecule has 0 bridgehead atoms. The molecule has 1 aromatic carbocycles. The van der Waals surface area contributed by atoms with E-state index in [2.05, 4.69) is 12.2 Å². The molecule has 0 saturated carbocycles. The van der Waals surface area contributed by atoms with Crippen LogP contribution < -0.4 is 5.32 Å². The van der Waals surface area contributed by atoms with Crippen molar-refractivity contribution >= 4 is 23.2 Å². The molecule has 4 heteroatoms. The van der Waals surface area contributed by atoms with Crippen molar-refractivity contribution in [1.82, 2.24) is 5.32 Å². The molecule has 0 amide bonds. The van der Waals surface area contributed by atoms with Crippen molar-refractivity contribution < 1.29 is 5.11 Å². The third-order valence-electron chi connectivity index (χ3n) is 3.26. The summed E-state index contributed by atoms with van der Waals surface area (Å²) in [5.74, 6) is 0.878. The van der Waals surface area contributed by atoms with Gasteiger partial charge < -0.3 is 10.4 Å². The molecular weight excluding hydrogens is 245 g/mol. The van der Waals surface area contributed by atoms with Crippen molar-refractivity contribution in [2.75, 3.05) is 6.54 Å². The minimum atomic E-state index is 0.121. The largest absolute Gasteiger partial charge is 0.508 e. The summed E-state index contributed by atoms with van der Waals surface area (Å²) in [5.41, 5.74) is 0.741. The number of halogens is 2. The zero-order chi connectivity index (χ0) is 11.7. The highest BCUT2D eigenvalue weighted by Crippen LogP contribution is 2.41. The normalized spacial score (nSPS) is 24.9. The van der Waals surface area contributed by atoms with Crippen molar-refractivity contribution in [3.8, 4) is 5.75 Å². The molecule has 0 aliphatic carbocycles. The SMILES string of the molecule is CCC1CNC(c2c(O)ccc(Cl)c2Cl)C1. The molecule has 1 aliphatic heterocycles. The maximum absolute atomic E-state index is 9.85. The van der Waals surface area contributed by atoms with Gasteiger partial charge in [-0.3, -0.25) is 0 Å². The van der Waals surface area contributed by atoms with E-state index < -0.39 is 0 Å². The van der Waals surface area contributed by atoms with E-state index in [0.717, 1.165) is 24.9 Å². The van der Waals surface area contributed by atoms with Crippen LogP contribution in [0.1, 0.15) is 31.4 Å². The zero-order valence-corrected chi connectivity index (χ0v) is 10.6. The lowest BCUT2D eigenvalue weighted by molar-refractivity contribution is 0.454. The molecule has 0 radical (unpaired) electrons. The van der Waals surface area contributed by atoms with Gasteiger partial charge in [-0.15, -0.1) is 0 Å². The van der Waals surface area contributed by atoms with Crippen LogP contribution >= 0.6 is 23.2 Å². The smallest absolute Gasteiger partial charge is 0.121 e. The molecule has 1 heterocycles. The average molecular weight is 260 g/mol. The van der Waals surface area contributed by atoms with Crippen LogP contribution in [0.15, 0.2) is 12.1 Å². The van der Waals surface area contributed by atoms with Crippen LogP contribution in [0.4, 0.5) is 0 Å². The molecule has 88 valence electrons. The molecule has 1 aromatic rings. The first-order chi connectivity index (χ1) is 7.63. The van der Waals surface area contributed by atoms with Gasteiger partial charge in [-0.2, -0.15) is 0 Å². The molecule has 1 fully saturated rings. The average Bonchev–Trinajstić information content (AvgIpc) is 2.73. The number of benzene rings is 1. The summed E-state index contributed by atoms with van der Waals surface area (Å²) in [6.45, 7) is 3.15. The van der Waals surface area contributed by atoms with E-state index in [4.69, 9.17) is 23.2 Å². The molecule has 1 aliphatic rings. The summed E-state index contributed by atoms with van der Waals surface area (Å²) in [5, 5.41) is 14.2. The Balaban J connectivity index is 2.30. The summed E-state index contributed by atoms with van der Waals surface area (Å²) in [6.07, 6.45) is 2.15. The summed E-state index contributed by atoms with van der Waals surface area (Å²) in [7, 11) is 0. The molecule has 2 unspecified atom stereocenters. The summed E-state index contributed by atoms with van der Waals surface area (Å²) in [6, 6.07) is 3.34. The predicted molar refractivity (Wildman–Crippen MR) is 67.3 cm³/mol. The number of rotatable bonds is 2. The Morgan fingerprint density at radius 3 is 2.81 bits per heavy atom. The Morgan fingerprint density at radius 1 is 1.44 bits per heavy atom. The Morgan fingerprint density at radius 2 is 2.19 bits per heavy atom. The Kier molecular flexibility index (Phi) is 3.63. The molecule has 1 saturated heterocycles. The third-order valence-corrected chi connectivity index (χ3v) is 4.08. The number of hydrogen-bond acceptors (Lipinski definition) is 2. The van der Waals surface area contributed by atoms with Crippen molar-refractivity contribution in [2.45, 2.75) is 25.8 Å². The van der Waals surface area contributed by atoms with E-state index in [9.17, 15) is 5.11 Å². The standard InChI is InChI=1S/C12H15Cl2NO/c1-2-7-5-9(15-6-7)11-10(16)4-3-8(13)12(11)14/h3-4,7,9,15-16H,2,5-6H2,1H3. The predicted octanol–water partition coefficient (Wildman–Crippen LogP) is 3.76. The van der Waals surface area contributed by atoms with Gasteiger partial charge in [0, 0.05) is 11.6 Å². The highest BCUT2D eigenvalue weighted by atomic mass is 35.5.